The van der Waals surface area contributed by atoms with E-state index in [1.165, 1.54) is 0 Å². The third-order valence-electron chi connectivity index (χ3n) is 2.77. The lowest BCUT2D eigenvalue weighted by molar-refractivity contribution is -0.134. The molecule has 130 valence electrons. The van der Waals surface area contributed by atoms with Crippen LogP contribution in [0.25, 0.3) is 0 Å². The molecule has 5 nitrogen and oxygen atoms in total. The Labute approximate surface area is 155 Å². The predicted molar refractivity (Wildman–Crippen MR) is 95.9 cm³/mol. The number of rotatable bonds is 7. The first kappa shape index (κ1) is 20.5. The van der Waals surface area contributed by atoms with Gasteiger partial charge in [-0.3, -0.25) is 4.79 Å². The molecule has 1 unspecified atom stereocenters. The molecule has 0 aliphatic carbocycles. The summed E-state index contributed by atoms with van der Waals surface area (Å²) in [7, 11) is 0. The van der Waals surface area contributed by atoms with Crippen LogP contribution in [0.5, 0.6) is 0 Å². The van der Waals surface area contributed by atoms with E-state index in [9.17, 15) is 4.79 Å². The van der Waals surface area contributed by atoms with E-state index in [4.69, 9.17) is 44.6 Å². The molecular weight excluding hydrogens is 375 g/mol. The van der Waals surface area contributed by atoms with Gasteiger partial charge in [0, 0.05) is 28.0 Å². The molecule has 0 amide bonds. The minimum Gasteiger partial charge on any atom is -0.480 e. The fourth-order valence-corrected chi connectivity index (χ4v) is 2.30. The molecule has 1 heterocycles. The fraction of sp³-hybridized carbons (Fsp3) is 0.250. The van der Waals surface area contributed by atoms with Crippen molar-refractivity contribution in [2.24, 2.45) is 0 Å². The van der Waals surface area contributed by atoms with Crippen molar-refractivity contribution in [1.29, 1.82) is 0 Å². The van der Waals surface area contributed by atoms with E-state index >= 15 is 0 Å². The van der Waals surface area contributed by atoms with Gasteiger partial charge in [-0.05, 0) is 12.1 Å². The zero-order chi connectivity index (χ0) is 17.9. The molecule has 24 heavy (non-hydrogen) atoms. The number of nitrogens with zero attached hydrogens (tertiary/aromatic N) is 2. The smallest absolute Gasteiger partial charge is 0.318 e. The highest BCUT2D eigenvalue weighted by Gasteiger charge is 2.16. The highest BCUT2D eigenvalue weighted by atomic mass is 35.5. The average molecular weight is 392 g/mol. The van der Waals surface area contributed by atoms with Gasteiger partial charge in [-0.25, -0.2) is 4.98 Å². The lowest BCUT2D eigenvalue weighted by atomic mass is 10.1. The van der Waals surface area contributed by atoms with Crippen molar-refractivity contribution in [3.8, 4) is 0 Å². The highest BCUT2D eigenvalue weighted by molar-refractivity contribution is 6.35. The third-order valence-corrected chi connectivity index (χ3v) is 3.57. The quantitative estimate of drug-likeness (QED) is 0.559. The summed E-state index contributed by atoms with van der Waals surface area (Å²) in [6.07, 6.45) is 6.90. The Kier molecular flexibility index (Phi) is 9.49. The molecule has 0 fully saturated rings. The molecule has 0 bridgehead atoms. The minimum atomic E-state index is -0.980. The second kappa shape index (κ2) is 11.1. The maximum atomic E-state index is 9.24. The van der Waals surface area contributed by atoms with E-state index in [0.29, 0.717) is 23.2 Å². The fourth-order valence-electron chi connectivity index (χ4n) is 1.77. The molecule has 1 aromatic heterocycles. The second-order valence-corrected chi connectivity index (χ2v) is 5.67. The number of carboxylic acids is 1. The third kappa shape index (κ3) is 7.36. The van der Waals surface area contributed by atoms with Gasteiger partial charge in [0.05, 0.1) is 19.5 Å². The molecule has 0 saturated carbocycles. The zero-order valence-electron chi connectivity index (χ0n) is 12.7. The minimum absolute atomic E-state index is 0.169. The Morgan fingerprint density at radius 2 is 2.17 bits per heavy atom. The number of carboxylic acid groups (broad SMARTS) is 1. The van der Waals surface area contributed by atoms with E-state index < -0.39 is 5.97 Å². The Hall–Kier alpha value is -1.53. The molecule has 0 aliphatic rings. The number of imidazole rings is 1. The standard InChI is InChI=1S/C14H14Cl2N2O.C2H3ClO2/c1-2-7-19-14(9-18-6-5-17-10-18)12-4-3-11(15)8-13(12)16;3-1-2(4)5/h2-6,8,10,14H,1,7,9H2;1H2,(H,4,5). The van der Waals surface area contributed by atoms with E-state index in [2.05, 4.69) is 11.6 Å². The van der Waals surface area contributed by atoms with Gasteiger partial charge < -0.3 is 14.4 Å². The first-order valence-corrected chi connectivity index (χ1v) is 8.18. The number of carbonyl (C=O) groups is 1. The Morgan fingerprint density at radius 1 is 1.46 bits per heavy atom. The van der Waals surface area contributed by atoms with E-state index in [-0.39, 0.29) is 12.0 Å². The largest absolute Gasteiger partial charge is 0.480 e. The predicted octanol–water partition coefficient (Wildman–Crippen LogP) is 4.44. The monoisotopic (exact) mass is 390 g/mol. The lowest BCUT2D eigenvalue weighted by Crippen LogP contribution is -2.12. The summed E-state index contributed by atoms with van der Waals surface area (Å²) < 4.78 is 7.72. The maximum absolute atomic E-state index is 9.24. The van der Waals surface area contributed by atoms with Crippen LogP contribution in [0.3, 0.4) is 0 Å². The van der Waals surface area contributed by atoms with Gasteiger partial charge in [0.2, 0.25) is 0 Å². The van der Waals surface area contributed by atoms with Crippen LogP contribution in [0, 0.1) is 0 Å². The van der Waals surface area contributed by atoms with Crippen molar-refractivity contribution in [2.45, 2.75) is 12.6 Å². The molecule has 1 N–H and O–H groups in total. The summed E-state index contributed by atoms with van der Waals surface area (Å²) in [6.45, 7) is 4.75. The molecule has 0 aliphatic heterocycles. The van der Waals surface area contributed by atoms with E-state index in [0.717, 1.165) is 5.56 Å². The van der Waals surface area contributed by atoms with Crippen molar-refractivity contribution in [3.05, 3.63) is 65.2 Å². The summed E-state index contributed by atoms with van der Waals surface area (Å²) in [5, 5.41) is 8.80. The van der Waals surface area contributed by atoms with E-state index in [1.807, 2.05) is 16.8 Å². The Balaban J connectivity index is 0.000000505. The highest BCUT2D eigenvalue weighted by Crippen LogP contribution is 2.29. The molecule has 8 heteroatoms. The number of alkyl halides is 1. The van der Waals surface area contributed by atoms with Gasteiger partial charge in [0.15, 0.2) is 0 Å². The van der Waals surface area contributed by atoms with Crippen LogP contribution in [-0.4, -0.2) is 33.1 Å². The first-order valence-electron chi connectivity index (χ1n) is 6.88. The van der Waals surface area contributed by atoms with Gasteiger partial charge in [-0.1, -0.05) is 35.3 Å². The van der Waals surface area contributed by atoms with Gasteiger partial charge in [0.1, 0.15) is 12.0 Å². The molecular formula is C16H17Cl3N2O3. The Bertz CT molecular complexity index is 648. The Morgan fingerprint density at radius 3 is 2.67 bits per heavy atom. The van der Waals surface area contributed by atoms with Crippen LogP contribution in [0.4, 0.5) is 0 Å². The van der Waals surface area contributed by atoms with Crippen LogP contribution in [0.1, 0.15) is 11.7 Å². The number of hydrogen-bond acceptors (Lipinski definition) is 3. The molecule has 0 spiro atoms. The van der Waals surface area contributed by atoms with Crippen LogP contribution in [0.15, 0.2) is 49.6 Å². The number of ether oxygens (including phenoxy) is 1. The van der Waals surface area contributed by atoms with Crippen molar-refractivity contribution in [3.63, 3.8) is 0 Å². The van der Waals surface area contributed by atoms with E-state index in [1.54, 1.807) is 30.7 Å². The molecule has 2 aromatic rings. The van der Waals surface area contributed by atoms with Gasteiger partial charge in [-0.15, -0.1) is 18.2 Å². The normalized spacial score (nSPS) is 11.3. The summed E-state index contributed by atoms with van der Waals surface area (Å²) in [5.74, 6) is -1.29. The average Bonchev–Trinajstić information content (AvgIpc) is 3.05. The number of aromatic nitrogens is 2. The molecule has 1 atom stereocenters. The first-order chi connectivity index (χ1) is 11.5. The zero-order valence-corrected chi connectivity index (χ0v) is 15.0. The van der Waals surface area contributed by atoms with Crippen molar-refractivity contribution < 1.29 is 14.6 Å². The molecule has 1 aromatic carbocycles. The van der Waals surface area contributed by atoms with Gasteiger partial charge >= 0.3 is 5.97 Å². The summed E-state index contributed by atoms with van der Waals surface area (Å²) in [6, 6.07) is 5.41. The van der Waals surface area contributed by atoms with Crippen LogP contribution in [0.2, 0.25) is 10.0 Å². The lowest BCUT2D eigenvalue weighted by Gasteiger charge is -2.19. The maximum Gasteiger partial charge on any atom is 0.318 e. The van der Waals surface area contributed by atoms with Crippen molar-refractivity contribution >= 4 is 40.8 Å². The number of benzene rings is 1. The topological polar surface area (TPSA) is 64.4 Å². The van der Waals surface area contributed by atoms with Gasteiger partial charge in [-0.2, -0.15) is 0 Å². The summed E-state index contributed by atoms with van der Waals surface area (Å²) >= 11 is 16.9. The number of aliphatic carboxylic acids is 1. The molecule has 2 rings (SSSR count). The number of hydrogen-bond donors (Lipinski definition) is 1. The SMILES string of the molecule is C=CCOC(Cn1ccnc1)c1ccc(Cl)cc1Cl.O=C(O)CCl. The van der Waals surface area contributed by atoms with Crippen LogP contribution >= 0.6 is 34.8 Å². The molecule has 0 saturated heterocycles. The second-order valence-electron chi connectivity index (χ2n) is 4.56. The van der Waals surface area contributed by atoms with Crippen LogP contribution in [-0.2, 0) is 16.1 Å². The van der Waals surface area contributed by atoms with Gasteiger partial charge in [0.25, 0.3) is 0 Å². The van der Waals surface area contributed by atoms with Crippen molar-refractivity contribution in [2.75, 3.05) is 12.5 Å². The van der Waals surface area contributed by atoms with Crippen LogP contribution < -0.4 is 0 Å². The summed E-state index contributed by atoms with van der Waals surface area (Å²) in [5.41, 5.74) is 0.904. The summed E-state index contributed by atoms with van der Waals surface area (Å²) in [4.78, 5) is 13.3. The number of halogens is 3. The van der Waals surface area contributed by atoms with Crippen molar-refractivity contribution in [1.82, 2.24) is 9.55 Å². The molecule has 0 radical (unpaired) electrons.